The quantitative estimate of drug-likeness (QED) is 0.137. The molecule has 302 valence electrons. The summed E-state index contributed by atoms with van der Waals surface area (Å²) in [4.78, 5) is 4.45. The standard InChI is InChI=1S/C53H55NO4S/c1-9-51(10-2)27-29-52(30-28-51)44-14-12-11-13-40(44)48-42-33-47(59-46-24-19-37(54(4)5)31-34(46)3)45(57-8)32-43(42)50-41(49(48)52)25-26-53(58-50,35-15-20-38(55-6)21-16-35)36-17-22-39(56-7)23-18-36/h11-26,31-33H,9-10,27-30H2,1-8H3. The first-order valence-electron chi connectivity index (χ1n) is 21.1. The third-order valence-electron chi connectivity index (χ3n) is 14.1. The van der Waals surface area contributed by atoms with Crippen LogP contribution in [0.5, 0.6) is 23.0 Å². The van der Waals surface area contributed by atoms with Gasteiger partial charge >= 0.3 is 0 Å². The molecule has 6 aromatic carbocycles. The molecular formula is C53H55NO4S. The largest absolute Gasteiger partial charge is 0.497 e. The molecule has 0 aromatic heterocycles. The van der Waals surface area contributed by atoms with Crippen LogP contribution < -0.4 is 23.8 Å². The van der Waals surface area contributed by atoms with Crippen LogP contribution in [0.25, 0.3) is 28.0 Å². The molecule has 2 aliphatic carbocycles. The molecule has 0 saturated heterocycles. The van der Waals surface area contributed by atoms with Crippen molar-refractivity contribution in [3.8, 4) is 34.1 Å². The number of aryl methyl sites for hydroxylation is 1. The van der Waals surface area contributed by atoms with Gasteiger partial charge in [0.1, 0.15) is 23.0 Å². The molecule has 0 atom stereocenters. The molecule has 1 spiro atoms. The molecule has 0 unspecified atom stereocenters. The predicted octanol–water partition coefficient (Wildman–Crippen LogP) is 13.4. The Morgan fingerprint density at radius 3 is 1.92 bits per heavy atom. The summed E-state index contributed by atoms with van der Waals surface area (Å²) in [5.41, 5.74) is 10.5. The molecule has 3 aliphatic rings. The van der Waals surface area contributed by atoms with Crippen molar-refractivity contribution in [2.24, 2.45) is 5.41 Å². The third-order valence-corrected chi connectivity index (χ3v) is 15.3. The summed E-state index contributed by atoms with van der Waals surface area (Å²) >= 11 is 1.78. The minimum Gasteiger partial charge on any atom is -0.497 e. The molecule has 1 aliphatic heterocycles. The lowest BCUT2D eigenvalue weighted by atomic mass is 9.58. The summed E-state index contributed by atoms with van der Waals surface area (Å²) in [6.07, 6.45) is 11.7. The smallest absolute Gasteiger partial charge is 0.178 e. The lowest BCUT2D eigenvalue weighted by Crippen LogP contribution is -2.38. The van der Waals surface area contributed by atoms with E-state index in [0.29, 0.717) is 5.41 Å². The fourth-order valence-corrected chi connectivity index (χ4v) is 11.4. The van der Waals surface area contributed by atoms with Crippen LogP contribution in [0.2, 0.25) is 0 Å². The monoisotopic (exact) mass is 801 g/mol. The Bertz CT molecular complexity index is 2530. The van der Waals surface area contributed by atoms with E-state index in [1.165, 1.54) is 75.0 Å². The van der Waals surface area contributed by atoms with E-state index >= 15 is 0 Å². The van der Waals surface area contributed by atoms with E-state index in [1.54, 1.807) is 33.1 Å². The van der Waals surface area contributed by atoms with E-state index in [1.807, 2.05) is 24.3 Å². The number of anilines is 1. The van der Waals surface area contributed by atoms with Crippen LogP contribution >= 0.6 is 11.8 Å². The highest BCUT2D eigenvalue weighted by Crippen LogP contribution is 2.65. The zero-order valence-corrected chi connectivity index (χ0v) is 36.5. The minimum atomic E-state index is -0.927. The number of hydrogen-bond acceptors (Lipinski definition) is 6. The molecule has 0 amide bonds. The maximum absolute atomic E-state index is 7.77. The van der Waals surface area contributed by atoms with Gasteiger partial charge in [-0.1, -0.05) is 93.1 Å². The van der Waals surface area contributed by atoms with Crippen molar-refractivity contribution in [3.63, 3.8) is 0 Å². The Morgan fingerprint density at radius 2 is 1.34 bits per heavy atom. The van der Waals surface area contributed by atoms with E-state index < -0.39 is 5.60 Å². The number of nitrogens with zero attached hydrogens (tertiary/aromatic N) is 1. The van der Waals surface area contributed by atoms with Gasteiger partial charge < -0.3 is 23.8 Å². The lowest BCUT2D eigenvalue weighted by molar-refractivity contribution is 0.132. The van der Waals surface area contributed by atoms with Gasteiger partial charge in [0, 0.05) is 52.2 Å². The molecule has 1 heterocycles. The Balaban J connectivity index is 1.33. The van der Waals surface area contributed by atoms with Gasteiger partial charge in [0.15, 0.2) is 5.60 Å². The highest BCUT2D eigenvalue weighted by atomic mass is 32.2. The SMILES string of the molecule is CCC1(CC)CCC2(CC1)c1ccccc1-c1c2c2c(c3cc(OC)c(Sc4ccc(N(C)C)cc4C)cc13)OC(c1ccc(OC)cc1)(c1ccc(OC)cc1)C=C2. The van der Waals surface area contributed by atoms with Gasteiger partial charge in [0.05, 0.1) is 26.2 Å². The number of fused-ring (bicyclic) bond motifs is 10. The van der Waals surface area contributed by atoms with Crippen LogP contribution in [0.15, 0.2) is 119 Å². The van der Waals surface area contributed by atoms with Crippen LogP contribution in [-0.4, -0.2) is 35.4 Å². The van der Waals surface area contributed by atoms with Gasteiger partial charge in [-0.15, -0.1) is 0 Å². The molecule has 6 heteroatoms. The second-order valence-corrected chi connectivity index (χ2v) is 18.0. The average Bonchev–Trinajstić information content (AvgIpc) is 3.56. The van der Waals surface area contributed by atoms with Gasteiger partial charge in [-0.05, 0) is 132 Å². The normalized spacial score (nSPS) is 16.5. The van der Waals surface area contributed by atoms with Crippen molar-refractivity contribution in [3.05, 3.63) is 143 Å². The fourth-order valence-electron chi connectivity index (χ4n) is 10.4. The fraction of sp³-hybridized carbons (Fsp3) is 0.321. The number of benzene rings is 6. The van der Waals surface area contributed by atoms with Crippen LogP contribution in [-0.2, 0) is 11.0 Å². The maximum atomic E-state index is 7.77. The molecule has 1 fully saturated rings. The summed E-state index contributed by atoms with van der Waals surface area (Å²) in [6, 6.07) is 37.2. The van der Waals surface area contributed by atoms with Crippen molar-refractivity contribution >= 4 is 34.3 Å². The summed E-state index contributed by atoms with van der Waals surface area (Å²) in [6.45, 7) is 6.99. The lowest BCUT2D eigenvalue weighted by Gasteiger charge is -2.47. The second kappa shape index (κ2) is 15.0. The van der Waals surface area contributed by atoms with Gasteiger partial charge in [0.2, 0.25) is 0 Å². The molecule has 0 radical (unpaired) electrons. The summed E-state index contributed by atoms with van der Waals surface area (Å²) in [5, 5.41) is 2.25. The average molecular weight is 802 g/mol. The molecule has 0 N–H and O–H groups in total. The molecular weight excluding hydrogens is 747 g/mol. The molecule has 0 bridgehead atoms. The Kier molecular flexibility index (Phi) is 9.98. The molecule has 5 nitrogen and oxygen atoms in total. The van der Waals surface area contributed by atoms with E-state index in [2.05, 4.69) is 131 Å². The number of ether oxygens (including phenoxy) is 4. The van der Waals surface area contributed by atoms with Crippen molar-refractivity contribution in [1.29, 1.82) is 0 Å². The highest BCUT2D eigenvalue weighted by molar-refractivity contribution is 7.99. The molecule has 1 saturated carbocycles. The Labute approximate surface area is 354 Å². The van der Waals surface area contributed by atoms with E-state index in [9.17, 15) is 0 Å². The first kappa shape index (κ1) is 39.1. The van der Waals surface area contributed by atoms with Gasteiger partial charge in [-0.25, -0.2) is 0 Å². The second-order valence-electron chi connectivity index (χ2n) is 17.0. The van der Waals surface area contributed by atoms with Gasteiger partial charge in [0.25, 0.3) is 0 Å². The third kappa shape index (κ3) is 6.20. The Morgan fingerprint density at radius 1 is 0.695 bits per heavy atom. The topological polar surface area (TPSA) is 40.2 Å². The molecule has 59 heavy (non-hydrogen) atoms. The summed E-state index contributed by atoms with van der Waals surface area (Å²) in [7, 11) is 9.38. The number of rotatable bonds is 10. The van der Waals surface area contributed by atoms with E-state index in [4.69, 9.17) is 18.9 Å². The predicted molar refractivity (Wildman–Crippen MR) is 244 cm³/mol. The van der Waals surface area contributed by atoms with Crippen LogP contribution in [0.4, 0.5) is 5.69 Å². The zero-order chi connectivity index (χ0) is 41.1. The van der Waals surface area contributed by atoms with Crippen LogP contribution in [0.1, 0.15) is 85.8 Å². The van der Waals surface area contributed by atoms with Crippen LogP contribution in [0.3, 0.4) is 0 Å². The van der Waals surface area contributed by atoms with Crippen molar-refractivity contribution in [1.82, 2.24) is 0 Å². The molecule has 9 rings (SSSR count). The van der Waals surface area contributed by atoms with E-state index in [-0.39, 0.29) is 5.41 Å². The van der Waals surface area contributed by atoms with Gasteiger partial charge in [-0.2, -0.15) is 0 Å². The van der Waals surface area contributed by atoms with Crippen LogP contribution in [0, 0.1) is 12.3 Å². The summed E-state index contributed by atoms with van der Waals surface area (Å²) in [5.74, 6) is 3.32. The van der Waals surface area contributed by atoms with Crippen molar-refractivity contribution in [2.75, 3.05) is 40.3 Å². The number of hydrogen-bond donors (Lipinski definition) is 0. The summed E-state index contributed by atoms with van der Waals surface area (Å²) < 4.78 is 25.3. The highest BCUT2D eigenvalue weighted by Gasteiger charge is 2.51. The first-order valence-corrected chi connectivity index (χ1v) is 21.9. The minimum absolute atomic E-state index is 0.127. The van der Waals surface area contributed by atoms with Gasteiger partial charge in [-0.3, -0.25) is 0 Å². The first-order chi connectivity index (χ1) is 28.6. The van der Waals surface area contributed by atoms with Crippen molar-refractivity contribution < 1.29 is 18.9 Å². The van der Waals surface area contributed by atoms with Crippen molar-refractivity contribution in [2.45, 2.75) is 80.1 Å². The zero-order valence-electron chi connectivity index (χ0n) is 35.7. The number of methoxy groups -OCH3 is 3. The molecule has 6 aromatic rings. The van der Waals surface area contributed by atoms with E-state index in [0.717, 1.165) is 57.2 Å². The Hall–Kier alpha value is -5.33. The maximum Gasteiger partial charge on any atom is 0.178 e.